The lowest BCUT2D eigenvalue weighted by atomic mass is 9.52. The first-order valence-corrected chi connectivity index (χ1v) is 12.4. The number of hydrogen-bond donors (Lipinski definition) is 1. The van der Waals surface area contributed by atoms with Gasteiger partial charge >= 0.3 is 0 Å². The Labute approximate surface area is 224 Å². The topological polar surface area (TPSA) is 84.3 Å². The Balaban J connectivity index is 1.41. The minimum Gasteiger partial charge on any atom is -0.507 e. The van der Waals surface area contributed by atoms with Gasteiger partial charge in [0.1, 0.15) is 29.3 Å². The standard InChI is InChI=1S/C26H26B3F2N5O2/c1-24-6-7-25(2,13-24)11-15(10-24)36(3)19-5-4-17(33-34-19)21-18(37)9-16(22(30)23(21)31)14-8-20(35-32-12-14)38-26(27,28)29/h4-5,8-9,12,15,37H,6-7,10-11,13H2,1-3H3/t15?,24-,25+. The third-order valence-electron chi connectivity index (χ3n) is 7.87. The number of aromatic nitrogens is 4. The molecule has 0 saturated heterocycles. The van der Waals surface area contributed by atoms with Gasteiger partial charge < -0.3 is 14.7 Å². The molecular formula is C26H26B3F2N5O2. The molecule has 190 valence electrons. The Morgan fingerprint density at radius 2 is 1.71 bits per heavy atom. The van der Waals surface area contributed by atoms with Gasteiger partial charge in [0.25, 0.3) is 0 Å². The third-order valence-corrected chi connectivity index (χ3v) is 7.87. The van der Waals surface area contributed by atoms with Crippen LogP contribution in [-0.2, 0) is 0 Å². The van der Waals surface area contributed by atoms with E-state index in [1.54, 1.807) is 6.07 Å². The zero-order chi connectivity index (χ0) is 27.5. The summed E-state index contributed by atoms with van der Waals surface area (Å²) in [6, 6.07) is 5.84. The number of ether oxygens (including phenoxy) is 1. The van der Waals surface area contributed by atoms with Crippen LogP contribution in [0.3, 0.4) is 0 Å². The molecule has 2 aliphatic rings. The number of rotatable bonds is 6. The lowest BCUT2D eigenvalue weighted by Crippen LogP contribution is -2.42. The lowest BCUT2D eigenvalue weighted by Gasteiger charge is -2.44. The second-order valence-electron chi connectivity index (χ2n) is 11.4. The van der Waals surface area contributed by atoms with Gasteiger partial charge in [0, 0.05) is 30.3 Å². The number of fused-ring (bicyclic) bond motifs is 2. The van der Waals surface area contributed by atoms with E-state index in [9.17, 15) is 5.11 Å². The first kappa shape index (κ1) is 26.4. The van der Waals surface area contributed by atoms with Crippen molar-refractivity contribution in [2.24, 2.45) is 10.8 Å². The van der Waals surface area contributed by atoms with Crippen molar-refractivity contribution in [2.75, 3.05) is 11.9 Å². The van der Waals surface area contributed by atoms with E-state index < -0.39 is 28.2 Å². The molecule has 3 aromatic rings. The SMILES string of the molecule is [B]C([B])([B])Oc1cc(-c2cc(O)c(-c3ccc(N(C)C4C[C@]5(C)CC[C@](C)(C4)C5)nn3)c(F)c2F)cnn1. The number of phenolic OH excluding ortho intramolecular Hbond substituents is 1. The van der Waals surface area contributed by atoms with Gasteiger partial charge in [-0.25, -0.2) is 8.78 Å². The first-order chi connectivity index (χ1) is 17.8. The predicted octanol–water partition coefficient (Wildman–Crippen LogP) is 3.88. The van der Waals surface area contributed by atoms with Gasteiger partial charge in [0.2, 0.25) is 5.88 Å². The van der Waals surface area contributed by atoms with E-state index >= 15 is 8.78 Å². The smallest absolute Gasteiger partial charge is 0.232 e. The molecule has 2 heterocycles. The maximum absolute atomic E-state index is 15.3. The van der Waals surface area contributed by atoms with Gasteiger partial charge in [0.15, 0.2) is 17.5 Å². The molecule has 0 spiro atoms. The van der Waals surface area contributed by atoms with E-state index in [-0.39, 0.29) is 22.7 Å². The number of anilines is 1. The van der Waals surface area contributed by atoms with Crippen LogP contribution in [0.1, 0.15) is 46.0 Å². The molecule has 2 saturated carbocycles. The summed E-state index contributed by atoms with van der Waals surface area (Å²) in [5.74, 6) is -2.61. The second-order valence-corrected chi connectivity index (χ2v) is 11.4. The van der Waals surface area contributed by atoms with Crippen molar-refractivity contribution < 1.29 is 18.6 Å². The third kappa shape index (κ3) is 5.09. The van der Waals surface area contributed by atoms with E-state index in [4.69, 9.17) is 28.3 Å². The summed E-state index contributed by atoms with van der Waals surface area (Å²) in [6.45, 7) is 4.71. The van der Waals surface area contributed by atoms with E-state index in [1.165, 1.54) is 31.4 Å². The zero-order valence-corrected chi connectivity index (χ0v) is 21.6. The van der Waals surface area contributed by atoms with Gasteiger partial charge in [-0.05, 0) is 66.4 Å². The van der Waals surface area contributed by atoms with Crippen LogP contribution in [0.4, 0.5) is 14.6 Å². The quantitative estimate of drug-likeness (QED) is 0.504. The van der Waals surface area contributed by atoms with Gasteiger partial charge in [-0.3, -0.25) is 0 Å². The minimum absolute atomic E-state index is 0.00120. The van der Waals surface area contributed by atoms with Crippen molar-refractivity contribution in [1.29, 1.82) is 0 Å². The van der Waals surface area contributed by atoms with Crippen LogP contribution in [0, 0.1) is 22.5 Å². The monoisotopic (exact) mass is 511 g/mol. The summed E-state index contributed by atoms with van der Waals surface area (Å²) in [5.41, 5.74) is 0.0377. The molecule has 2 aliphatic carbocycles. The summed E-state index contributed by atoms with van der Waals surface area (Å²) in [6.07, 6.45) is 7.02. The van der Waals surface area contributed by atoms with Crippen LogP contribution in [0.15, 0.2) is 30.5 Å². The maximum atomic E-state index is 15.3. The fourth-order valence-corrected chi connectivity index (χ4v) is 6.27. The van der Waals surface area contributed by atoms with Crippen LogP contribution in [-0.4, -0.2) is 67.4 Å². The second kappa shape index (κ2) is 9.24. The molecule has 2 aromatic heterocycles. The summed E-state index contributed by atoms with van der Waals surface area (Å²) < 4.78 is 35.4. The number of halogens is 2. The molecule has 5 rings (SSSR count). The molecule has 6 radical (unpaired) electrons. The van der Waals surface area contributed by atoms with Crippen molar-refractivity contribution in [3.05, 3.63) is 42.1 Å². The molecule has 38 heavy (non-hydrogen) atoms. The van der Waals surface area contributed by atoms with Gasteiger partial charge in [-0.1, -0.05) is 13.8 Å². The number of benzene rings is 1. The molecule has 1 unspecified atom stereocenters. The lowest BCUT2D eigenvalue weighted by molar-refractivity contribution is 0.148. The largest absolute Gasteiger partial charge is 0.507 e. The molecule has 7 nitrogen and oxygen atoms in total. The van der Waals surface area contributed by atoms with Crippen LogP contribution < -0.4 is 9.64 Å². The van der Waals surface area contributed by atoms with Crippen molar-refractivity contribution in [2.45, 2.75) is 57.3 Å². The molecule has 2 bridgehead atoms. The molecular weight excluding hydrogens is 485 g/mol. The molecule has 0 aliphatic heterocycles. The first-order valence-electron chi connectivity index (χ1n) is 12.4. The Kier molecular flexibility index (Phi) is 6.43. The highest BCUT2D eigenvalue weighted by molar-refractivity contribution is 6.58. The van der Waals surface area contributed by atoms with Crippen LogP contribution in [0.25, 0.3) is 22.4 Å². The van der Waals surface area contributed by atoms with Crippen molar-refractivity contribution >= 4 is 29.4 Å². The molecule has 0 amide bonds. The fourth-order valence-electron chi connectivity index (χ4n) is 6.27. The predicted molar refractivity (Wildman–Crippen MR) is 142 cm³/mol. The van der Waals surface area contributed by atoms with Crippen LogP contribution >= 0.6 is 0 Å². The molecule has 2 fully saturated rings. The van der Waals surface area contributed by atoms with Crippen molar-refractivity contribution in [1.82, 2.24) is 20.4 Å². The number of nitrogens with zero attached hydrogens (tertiary/aromatic N) is 5. The number of phenols is 1. The number of hydrogen-bond acceptors (Lipinski definition) is 7. The van der Waals surface area contributed by atoms with E-state index in [1.807, 2.05) is 7.05 Å². The number of aromatic hydroxyl groups is 1. The molecule has 3 atom stereocenters. The van der Waals surface area contributed by atoms with E-state index in [0.29, 0.717) is 22.7 Å². The van der Waals surface area contributed by atoms with Gasteiger partial charge in [0.05, 0.1) is 17.5 Å². The summed E-state index contributed by atoms with van der Waals surface area (Å²) >= 11 is 0. The molecule has 12 heteroatoms. The van der Waals surface area contributed by atoms with E-state index in [0.717, 1.165) is 25.1 Å². The minimum atomic E-state index is -2.05. The Morgan fingerprint density at radius 1 is 1.03 bits per heavy atom. The summed E-state index contributed by atoms with van der Waals surface area (Å²) in [4.78, 5) is 2.12. The van der Waals surface area contributed by atoms with E-state index in [2.05, 4.69) is 39.1 Å². The average Bonchev–Trinajstić information content (AvgIpc) is 3.07. The van der Waals surface area contributed by atoms with Gasteiger partial charge in [-0.2, -0.15) is 5.10 Å². The highest BCUT2D eigenvalue weighted by atomic mass is 19.2. The highest BCUT2D eigenvalue weighted by Gasteiger charge is 2.50. The Bertz CT molecular complexity index is 1360. The summed E-state index contributed by atoms with van der Waals surface area (Å²) in [5, 5.41) is 24.4. The summed E-state index contributed by atoms with van der Waals surface area (Å²) in [7, 11) is 18.2. The highest BCUT2D eigenvalue weighted by Crippen LogP contribution is 2.58. The normalized spacial score (nSPS) is 24.8. The van der Waals surface area contributed by atoms with Crippen LogP contribution in [0.2, 0.25) is 0 Å². The Morgan fingerprint density at radius 3 is 2.32 bits per heavy atom. The molecule has 1 aromatic carbocycles. The maximum Gasteiger partial charge on any atom is 0.232 e. The average molecular weight is 511 g/mol. The van der Waals surface area contributed by atoms with Crippen molar-refractivity contribution in [3.8, 4) is 34.0 Å². The fraction of sp³-hybridized carbons (Fsp3) is 0.462. The Hall–Kier alpha value is -3.17. The zero-order valence-electron chi connectivity index (χ0n) is 21.6. The van der Waals surface area contributed by atoms with Gasteiger partial charge in [-0.15, -0.1) is 15.3 Å². The molecule has 1 N–H and O–H groups in total. The van der Waals surface area contributed by atoms with Crippen molar-refractivity contribution in [3.63, 3.8) is 0 Å². The van der Waals surface area contributed by atoms with Crippen LogP contribution in [0.5, 0.6) is 11.6 Å².